The molecular weight excluding hydrogens is 208 g/mol. The molecule has 1 aromatic rings. The number of rotatable bonds is 3. The van der Waals surface area contributed by atoms with E-state index in [1.165, 1.54) is 12.0 Å². The second-order valence-corrected chi connectivity index (χ2v) is 4.58. The molecule has 17 heavy (non-hydrogen) atoms. The molecule has 0 atom stereocenters. The molecule has 0 bridgehead atoms. The van der Waals surface area contributed by atoms with E-state index in [1.807, 2.05) is 18.2 Å². The van der Waals surface area contributed by atoms with Gasteiger partial charge in [-0.15, -0.1) is 0 Å². The van der Waals surface area contributed by atoms with Crippen LogP contribution in [-0.2, 0) is 4.79 Å². The van der Waals surface area contributed by atoms with Gasteiger partial charge in [0.25, 0.3) is 0 Å². The summed E-state index contributed by atoms with van der Waals surface area (Å²) >= 11 is 0. The van der Waals surface area contributed by atoms with E-state index in [-0.39, 0.29) is 5.78 Å². The van der Waals surface area contributed by atoms with E-state index >= 15 is 0 Å². The Morgan fingerprint density at radius 3 is 2.59 bits per heavy atom. The molecule has 1 heteroatoms. The highest BCUT2D eigenvalue weighted by molar-refractivity contribution is 6.06. The Bertz CT molecular complexity index is 449. The van der Waals surface area contributed by atoms with Crippen LogP contribution in [0.3, 0.4) is 0 Å². The summed E-state index contributed by atoms with van der Waals surface area (Å²) in [4.78, 5) is 11.9. The summed E-state index contributed by atoms with van der Waals surface area (Å²) in [5, 5.41) is 0. The van der Waals surface area contributed by atoms with Gasteiger partial charge in [0.2, 0.25) is 0 Å². The van der Waals surface area contributed by atoms with Crippen LogP contribution in [0.15, 0.2) is 42.0 Å². The van der Waals surface area contributed by atoms with Gasteiger partial charge in [-0.2, -0.15) is 0 Å². The predicted molar refractivity (Wildman–Crippen MR) is 71.8 cm³/mol. The minimum atomic E-state index is 0.172. The van der Waals surface area contributed by atoms with Crippen molar-refractivity contribution < 1.29 is 4.79 Å². The first kappa shape index (κ1) is 11.8. The normalized spacial score (nSPS) is 15.9. The van der Waals surface area contributed by atoms with Crippen molar-refractivity contribution in [2.24, 2.45) is 0 Å². The largest absolute Gasteiger partial charge is 0.290 e. The van der Waals surface area contributed by atoms with E-state index in [4.69, 9.17) is 0 Å². The molecule has 0 heterocycles. The van der Waals surface area contributed by atoms with E-state index in [9.17, 15) is 4.79 Å². The molecule has 0 spiro atoms. The van der Waals surface area contributed by atoms with Crippen molar-refractivity contribution in [3.05, 3.63) is 53.1 Å². The number of hydrogen-bond donors (Lipinski definition) is 0. The molecular formula is C16H18O. The van der Waals surface area contributed by atoms with Gasteiger partial charge in [-0.1, -0.05) is 42.0 Å². The van der Waals surface area contributed by atoms with Crippen LogP contribution < -0.4 is 0 Å². The van der Waals surface area contributed by atoms with Crippen LogP contribution in [0, 0.1) is 6.92 Å². The number of allylic oxidation sites excluding steroid dienone is 3. The fourth-order valence-corrected chi connectivity index (χ4v) is 2.02. The summed E-state index contributed by atoms with van der Waals surface area (Å²) in [7, 11) is 0. The molecule has 0 fully saturated rings. The predicted octanol–water partition coefficient (Wildman–Crippen LogP) is 4.08. The summed E-state index contributed by atoms with van der Waals surface area (Å²) in [5.74, 6) is 0.172. The third-order valence-electron chi connectivity index (χ3n) is 3.11. The maximum atomic E-state index is 11.9. The third-order valence-corrected chi connectivity index (χ3v) is 3.11. The number of carbonyl (C=O) groups is 1. The standard InChI is InChI=1S/C16H18O/c1-13-7-9-14(10-8-13)11-12-16(17)15-5-3-2-4-6-15/h5,7-12H,2-4,6H2,1H3/b12-11+. The zero-order valence-corrected chi connectivity index (χ0v) is 10.3. The first-order valence-electron chi connectivity index (χ1n) is 6.24. The highest BCUT2D eigenvalue weighted by atomic mass is 16.1. The van der Waals surface area contributed by atoms with Gasteiger partial charge in [-0.3, -0.25) is 4.79 Å². The number of aryl methyl sites for hydroxylation is 1. The van der Waals surface area contributed by atoms with E-state index in [1.54, 1.807) is 6.08 Å². The average Bonchev–Trinajstić information content (AvgIpc) is 2.39. The highest BCUT2D eigenvalue weighted by Crippen LogP contribution is 2.18. The Morgan fingerprint density at radius 1 is 1.18 bits per heavy atom. The summed E-state index contributed by atoms with van der Waals surface area (Å²) in [5.41, 5.74) is 3.31. The van der Waals surface area contributed by atoms with E-state index in [0.29, 0.717) is 0 Å². The Hall–Kier alpha value is -1.63. The fraction of sp³-hybridized carbons (Fsp3) is 0.312. The lowest BCUT2D eigenvalue weighted by molar-refractivity contribution is -0.111. The topological polar surface area (TPSA) is 17.1 Å². The van der Waals surface area contributed by atoms with Crippen LogP contribution in [0.2, 0.25) is 0 Å². The van der Waals surface area contributed by atoms with Crippen molar-refractivity contribution in [2.45, 2.75) is 32.6 Å². The van der Waals surface area contributed by atoms with Crippen molar-refractivity contribution in [3.63, 3.8) is 0 Å². The molecule has 1 aliphatic carbocycles. The molecule has 0 unspecified atom stereocenters. The van der Waals surface area contributed by atoms with Crippen LogP contribution in [-0.4, -0.2) is 5.78 Å². The minimum Gasteiger partial charge on any atom is -0.290 e. The van der Waals surface area contributed by atoms with Gasteiger partial charge in [0.05, 0.1) is 0 Å². The van der Waals surface area contributed by atoms with Gasteiger partial charge in [0.1, 0.15) is 0 Å². The minimum absolute atomic E-state index is 0.172. The number of hydrogen-bond acceptors (Lipinski definition) is 1. The molecule has 0 saturated heterocycles. The molecule has 88 valence electrons. The first-order chi connectivity index (χ1) is 8.25. The van der Waals surface area contributed by atoms with Crippen molar-refractivity contribution in [2.75, 3.05) is 0 Å². The van der Waals surface area contributed by atoms with E-state index in [2.05, 4.69) is 25.1 Å². The highest BCUT2D eigenvalue weighted by Gasteiger charge is 2.08. The number of benzene rings is 1. The molecule has 0 saturated carbocycles. The first-order valence-corrected chi connectivity index (χ1v) is 6.24. The maximum Gasteiger partial charge on any atom is 0.181 e. The van der Waals surface area contributed by atoms with Crippen LogP contribution in [0.25, 0.3) is 6.08 Å². The monoisotopic (exact) mass is 226 g/mol. The van der Waals surface area contributed by atoms with Crippen LogP contribution in [0.5, 0.6) is 0 Å². The lowest BCUT2D eigenvalue weighted by Crippen LogP contribution is -2.02. The zero-order chi connectivity index (χ0) is 12.1. The summed E-state index contributed by atoms with van der Waals surface area (Å²) in [6.07, 6.45) is 10.1. The lowest BCUT2D eigenvalue weighted by atomic mass is 9.96. The quantitative estimate of drug-likeness (QED) is 0.710. The molecule has 2 rings (SSSR count). The van der Waals surface area contributed by atoms with Crippen LogP contribution in [0.4, 0.5) is 0 Å². The molecule has 0 aromatic heterocycles. The Balaban J connectivity index is 2.02. The van der Waals surface area contributed by atoms with Gasteiger partial charge in [-0.25, -0.2) is 0 Å². The van der Waals surface area contributed by atoms with Gasteiger partial charge >= 0.3 is 0 Å². The summed E-state index contributed by atoms with van der Waals surface area (Å²) < 4.78 is 0. The van der Waals surface area contributed by atoms with Crippen LogP contribution >= 0.6 is 0 Å². The molecule has 0 radical (unpaired) electrons. The smallest absolute Gasteiger partial charge is 0.181 e. The summed E-state index contributed by atoms with van der Waals surface area (Å²) in [6.45, 7) is 2.06. The number of ketones is 1. The molecule has 1 nitrogen and oxygen atoms in total. The maximum absolute atomic E-state index is 11.9. The van der Waals surface area contributed by atoms with Crippen molar-refractivity contribution in [3.8, 4) is 0 Å². The van der Waals surface area contributed by atoms with Gasteiger partial charge in [0, 0.05) is 0 Å². The zero-order valence-electron chi connectivity index (χ0n) is 10.3. The Morgan fingerprint density at radius 2 is 1.94 bits per heavy atom. The second-order valence-electron chi connectivity index (χ2n) is 4.58. The number of carbonyl (C=O) groups excluding carboxylic acids is 1. The van der Waals surface area contributed by atoms with Gasteiger partial charge < -0.3 is 0 Å². The van der Waals surface area contributed by atoms with Crippen molar-refractivity contribution in [1.29, 1.82) is 0 Å². The molecule has 0 amide bonds. The van der Waals surface area contributed by atoms with Crippen LogP contribution in [0.1, 0.15) is 36.8 Å². The molecule has 1 aliphatic rings. The Kier molecular flexibility index (Phi) is 3.92. The molecule has 0 aliphatic heterocycles. The Labute approximate surface area is 103 Å². The van der Waals surface area contributed by atoms with Gasteiger partial charge in [0.15, 0.2) is 5.78 Å². The average molecular weight is 226 g/mol. The molecule has 1 aromatic carbocycles. The third kappa shape index (κ3) is 3.42. The van der Waals surface area contributed by atoms with Crippen molar-refractivity contribution >= 4 is 11.9 Å². The SMILES string of the molecule is Cc1ccc(/C=C/C(=O)C2=CCCCC2)cc1. The summed E-state index contributed by atoms with van der Waals surface area (Å²) in [6, 6.07) is 8.19. The van der Waals surface area contributed by atoms with E-state index < -0.39 is 0 Å². The lowest BCUT2D eigenvalue weighted by Gasteiger charge is -2.08. The van der Waals surface area contributed by atoms with Gasteiger partial charge in [-0.05, 0) is 49.8 Å². The van der Waals surface area contributed by atoms with E-state index in [0.717, 1.165) is 30.4 Å². The van der Waals surface area contributed by atoms with Crippen molar-refractivity contribution in [1.82, 2.24) is 0 Å². The fourth-order valence-electron chi connectivity index (χ4n) is 2.02. The second kappa shape index (κ2) is 5.62. The molecule has 0 N–H and O–H groups in total.